The van der Waals surface area contributed by atoms with Crippen LogP contribution in [0.4, 0.5) is 0 Å². The van der Waals surface area contributed by atoms with Crippen LogP contribution in [0.2, 0.25) is 0 Å². The summed E-state index contributed by atoms with van der Waals surface area (Å²) in [5.74, 6) is 1.18. The molecule has 2 aliphatic rings. The lowest BCUT2D eigenvalue weighted by molar-refractivity contribution is 0.212. The summed E-state index contributed by atoms with van der Waals surface area (Å²) in [6.45, 7) is 5.98. The fourth-order valence-corrected chi connectivity index (χ4v) is 3.38. The molecule has 2 heterocycles. The molecule has 0 saturated carbocycles. The molecule has 18 heavy (non-hydrogen) atoms. The van der Waals surface area contributed by atoms with Crippen LogP contribution in [0.3, 0.4) is 0 Å². The summed E-state index contributed by atoms with van der Waals surface area (Å²) in [6, 6.07) is 8.55. The van der Waals surface area contributed by atoms with Gasteiger partial charge in [0.15, 0.2) is 0 Å². The van der Waals surface area contributed by atoms with Gasteiger partial charge in [-0.05, 0) is 56.5 Å². The van der Waals surface area contributed by atoms with Gasteiger partial charge in [0.25, 0.3) is 0 Å². The molecule has 4 atom stereocenters. The molecular formula is C15H22N2O. The maximum atomic E-state index is 9.54. The second kappa shape index (κ2) is 4.90. The third-order valence-electron chi connectivity index (χ3n) is 4.47. The van der Waals surface area contributed by atoms with Crippen molar-refractivity contribution >= 4 is 0 Å². The number of nitrogens with zero attached hydrogens (tertiary/aromatic N) is 1. The van der Waals surface area contributed by atoms with Gasteiger partial charge in [-0.15, -0.1) is 0 Å². The third kappa shape index (κ3) is 2.38. The minimum Gasteiger partial charge on any atom is -0.508 e. The van der Waals surface area contributed by atoms with Gasteiger partial charge in [-0.25, -0.2) is 0 Å². The highest BCUT2D eigenvalue weighted by molar-refractivity contribution is 5.29. The molecule has 3 nitrogen and oxygen atoms in total. The molecule has 1 aromatic rings. The van der Waals surface area contributed by atoms with Crippen molar-refractivity contribution in [3.8, 4) is 5.75 Å². The summed E-state index contributed by atoms with van der Waals surface area (Å²) in [7, 11) is 0. The number of rotatable bonds is 3. The van der Waals surface area contributed by atoms with Crippen molar-refractivity contribution in [2.24, 2.45) is 5.92 Å². The molecule has 2 N–H and O–H groups in total. The first-order valence-corrected chi connectivity index (χ1v) is 7.00. The standard InChI is InChI=1S/C15H22N2O/c1-11(12-3-2-4-14(18)9-12)16-15-6-8-17-7-5-13(15)10-17/h2-4,9,11,13,15-16,18H,5-8,10H2,1H3. The smallest absolute Gasteiger partial charge is 0.115 e. The van der Waals surface area contributed by atoms with Gasteiger partial charge in [0.2, 0.25) is 0 Å². The lowest BCUT2D eigenvalue weighted by Crippen LogP contribution is -2.44. The Bertz CT molecular complexity index is 421. The Kier molecular flexibility index (Phi) is 3.27. The normalized spacial score (nSPS) is 32.4. The van der Waals surface area contributed by atoms with Crippen molar-refractivity contribution in [1.29, 1.82) is 0 Å². The van der Waals surface area contributed by atoms with Crippen LogP contribution in [-0.2, 0) is 0 Å². The topological polar surface area (TPSA) is 35.5 Å². The van der Waals surface area contributed by atoms with Gasteiger partial charge in [-0.1, -0.05) is 12.1 Å². The number of phenols is 1. The minimum absolute atomic E-state index is 0.314. The molecule has 0 spiro atoms. The van der Waals surface area contributed by atoms with Crippen molar-refractivity contribution in [1.82, 2.24) is 10.2 Å². The Balaban J connectivity index is 1.65. The number of benzene rings is 1. The molecule has 3 heteroatoms. The van der Waals surface area contributed by atoms with Gasteiger partial charge in [-0.3, -0.25) is 0 Å². The van der Waals surface area contributed by atoms with Gasteiger partial charge >= 0.3 is 0 Å². The van der Waals surface area contributed by atoms with Crippen molar-refractivity contribution in [2.75, 3.05) is 19.6 Å². The van der Waals surface area contributed by atoms with Crippen molar-refractivity contribution in [3.05, 3.63) is 29.8 Å². The zero-order valence-electron chi connectivity index (χ0n) is 11.0. The van der Waals surface area contributed by atoms with E-state index in [1.165, 1.54) is 38.0 Å². The Morgan fingerprint density at radius 1 is 1.33 bits per heavy atom. The highest BCUT2D eigenvalue weighted by Crippen LogP contribution is 2.29. The fourth-order valence-electron chi connectivity index (χ4n) is 3.38. The average molecular weight is 246 g/mol. The molecule has 2 fully saturated rings. The molecule has 2 bridgehead atoms. The summed E-state index contributed by atoms with van der Waals surface area (Å²) in [5, 5.41) is 13.3. The lowest BCUT2D eigenvalue weighted by Gasteiger charge is -2.33. The van der Waals surface area contributed by atoms with E-state index in [9.17, 15) is 5.11 Å². The second-order valence-corrected chi connectivity index (χ2v) is 5.73. The number of phenolic OH excluding ortho intramolecular Hbond substituents is 1. The number of piperidine rings is 1. The van der Waals surface area contributed by atoms with E-state index in [4.69, 9.17) is 0 Å². The van der Waals surface area contributed by atoms with Crippen molar-refractivity contribution in [2.45, 2.75) is 31.8 Å². The molecular weight excluding hydrogens is 224 g/mol. The van der Waals surface area contributed by atoms with Gasteiger partial charge in [0, 0.05) is 18.6 Å². The molecule has 2 aliphatic heterocycles. The van der Waals surface area contributed by atoms with Crippen LogP contribution >= 0.6 is 0 Å². The summed E-state index contributed by atoms with van der Waals surface area (Å²) in [6.07, 6.45) is 2.60. The summed E-state index contributed by atoms with van der Waals surface area (Å²) < 4.78 is 0. The third-order valence-corrected chi connectivity index (χ3v) is 4.47. The monoisotopic (exact) mass is 246 g/mol. The Hall–Kier alpha value is -1.06. The number of hydrogen-bond acceptors (Lipinski definition) is 3. The van der Waals surface area contributed by atoms with Gasteiger partial charge in [0.05, 0.1) is 0 Å². The molecule has 0 aliphatic carbocycles. The predicted molar refractivity (Wildman–Crippen MR) is 72.6 cm³/mol. The molecule has 1 aromatic carbocycles. The molecule has 0 aromatic heterocycles. The first-order chi connectivity index (χ1) is 8.72. The molecule has 98 valence electrons. The first kappa shape index (κ1) is 12.0. The van der Waals surface area contributed by atoms with Gasteiger partial charge < -0.3 is 15.3 Å². The zero-order valence-corrected chi connectivity index (χ0v) is 11.0. The minimum atomic E-state index is 0.314. The van der Waals surface area contributed by atoms with Crippen molar-refractivity contribution in [3.63, 3.8) is 0 Å². The largest absolute Gasteiger partial charge is 0.508 e. The Labute approximate surface area is 109 Å². The molecule has 3 rings (SSSR count). The van der Waals surface area contributed by atoms with E-state index in [-0.39, 0.29) is 0 Å². The number of nitrogens with one attached hydrogen (secondary N) is 1. The van der Waals surface area contributed by atoms with E-state index in [0.717, 1.165) is 5.92 Å². The van der Waals surface area contributed by atoms with Crippen LogP contribution in [0.25, 0.3) is 0 Å². The van der Waals surface area contributed by atoms with Crippen LogP contribution < -0.4 is 5.32 Å². The summed E-state index contributed by atoms with van der Waals surface area (Å²) in [4.78, 5) is 2.57. The predicted octanol–water partition coefficient (Wildman–Crippen LogP) is 2.14. The number of aromatic hydroxyl groups is 1. The first-order valence-electron chi connectivity index (χ1n) is 7.00. The van der Waals surface area contributed by atoms with E-state index < -0.39 is 0 Å². The number of fused-ring (bicyclic) bond motifs is 2. The van der Waals surface area contributed by atoms with Gasteiger partial charge in [0.1, 0.15) is 5.75 Å². The van der Waals surface area contributed by atoms with Gasteiger partial charge in [-0.2, -0.15) is 0 Å². The van der Waals surface area contributed by atoms with Crippen LogP contribution in [0.1, 0.15) is 31.4 Å². The van der Waals surface area contributed by atoms with E-state index in [2.05, 4.69) is 23.2 Å². The van der Waals surface area contributed by atoms with Crippen LogP contribution in [0.15, 0.2) is 24.3 Å². The molecule has 0 radical (unpaired) electrons. The SMILES string of the molecule is CC(NC1CCN2CCC1C2)c1cccc(O)c1. The molecule has 4 unspecified atom stereocenters. The summed E-state index contributed by atoms with van der Waals surface area (Å²) in [5.41, 5.74) is 1.18. The van der Waals surface area contributed by atoms with E-state index >= 15 is 0 Å². The zero-order chi connectivity index (χ0) is 12.5. The van der Waals surface area contributed by atoms with Crippen LogP contribution in [-0.4, -0.2) is 35.7 Å². The van der Waals surface area contributed by atoms with E-state index in [1.54, 1.807) is 6.07 Å². The Morgan fingerprint density at radius 2 is 2.17 bits per heavy atom. The highest BCUT2D eigenvalue weighted by Gasteiger charge is 2.34. The maximum absolute atomic E-state index is 9.54. The molecule has 2 saturated heterocycles. The Morgan fingerprint density at radius 3 is 3.00 bits per heavy atom. The van der Waals surface area contributed by atoms with Crippen molar-refractivity contribution < 1.29 is 5.11 Å². The molecule has 0 amide bonds. The summed E-state index contributed by atoms with van der Waals surface area (Å²) >= 11 is 0. The average Bonchev–Trinajstić information content (AvgIpc) is 2.76. The second-order valence-electron chi connectivity index (χ2n) is 5.73. The lowest BCUT2D eigenvalue weighted by atomic mass is 9.93. The van der Waals surface area contributed by atoms with E-state index in [0.29, 0.717) is 17.8 Å². The highest BCUT2D eigenvalue weighted by atomic mass is 16.3. The van der Waals surface area contributed by atoms with Crippen LogP contribution in [0.5, 0.6) is 5.75 Å². The quantitative estimate of drug-likeness (QED) is 0.857. The fraction of sp³-hybridized carbons (Fsp3) is 0.600. The van der Waals surface area contributed by atoms with E-state index in [1.807, 2.05) is 12.1 Å². The number of hydrogen-bond donors (Lipinski definition) is 2. The maximum Gasteiger partial charge on any atom is 0.115 e. The van der Waals surface area contributed by atoms with Crippen LogP contribution in [0, 0.1) is 5.92 Å².